The Morgan fingerprint density at radius 3 is 2.44 bits per heavy atom. The van der Waals surface area contributed by atoms with Crippen LogP contribution in [0.5, 0.6) is 0 Å². The van der Waals surface area contributed by atoms with Crippen LogP contribution in [0.25, 0.3) is 10.6 Å². The maximum Gasteiger partial charge on any atom is 0.332 e. The molecule has 1 aliphatic heterocycles. The average molecular weight is 377 g/mol. The third-order valence-electron chi connectivity index (χ3n) is 4.65. The molecule has 0 aliphatic carbocycles. The summed E-state index contributed by atoms with van der Waals surface area (Å²) in [6.45, 7) is 3.94. The summed E-state index contributed by atoms with van der Waals surface area (Å²) >= 11 is 1.51. The van der Waals surface area contributed by atoms with Crippen LogP contribution >= 0.6 is 11.3 Å². The first kappa shape index (κ1) is 17.4. The van der Waals surface area contributed by atoms with Crippen molar-refractivity contribution in [3.05, 3.63) is 71.2 Å². The third-order valence-corrected chi connectivity index (χ3v) is 5.59. The van der Waals surface area contributed by atoms with Gasteiger partial charge in [0.25, 0.3) is 5.91 Å². The van der Waals surface area contributed by atoms with Crippen molar-refractivity contribution in [1.29, 1.82) is 0 Å². The number of amides is 3. The minimum Gasteiger partial charge on any atom is -0.282 e. The van der Waals surface area contributed by atoms with Crippen LogP contribution in [-0.2, 0) is 11.3 Å². The van der Waals surface area contributed by atoms with Gasteiger partial charge in [-0.3, -0.25) is 14.6 Å². The number of hydrogen-bond acceptors (Lipinski definition) is 4. The van der Waals surface area contributed by atoms with Gasteiger partial charge in [-0.05, 0) is 26.0 Å². The van der Waals surface area contributed by atoms with Gasteiger partial charge in [0.1, 0.15) is 11.0 Å². The molecule has 1 aliphatic rings. The van der Waals surface area contributed by atoms with Crippen LogP contribution < -0.4 is 4.90 Å². The molecule has 0 unspecified atom stereocenters. The van der Waals surface area contributed by atoms with Gasteiger partial charge < -0.3 is 0 Å². The van der Waals surface area contributed by atoms with E-state index in [9.17, 15) is 9.59 Å². The first-order chi connectivity index (χ1) is 13.0. The van der Waals surface area contributed by atoms with Crippen LogP contribution in [0.4, 0.5) is 10.5 Å². The Labute approximate surface area is 161 Å². The second-order valence-corrected chi connectivity index (χ2v) is 7.46. The maximum absolute atomic E-state index is 12.9. The molecular weight excluding hydrogens is 358 g/mol. The summed E-state index contributed by atoms with van der Waals surface area (Å²) in [6.07, 6.45) is 0. The van der Waals surface area contributed by atoms with Gasteiger partial charge in [0.05, 0.1) is 12.2 Å². The zero-order valence-electron chi connectivity index (χ0n) is 15.1. The van der Waals surface area contributed by atoms with Gasteiger partial charge >= 0.3 is 6.03 Å². The molecule has 0 saturated carbocycles. The summed E-state index contributed by atoms with van der Waals surface area (Å²) in [5.74, 6) is -0.199. The fraction of sp³-hybridized carbons (Fsp3) is 0.190. The van der Waals surface area contributed by atoms with E-state index in [2.05, 4.69) is 4.98 Å². The Balaban J connectivity index is 1.56. The van der Waals surface area contributed by atoms with Crippen molar-refractivity contribution in [1.82, 2.24) is 9.88 Å². The molecule has 136 valence electrons. The standard InChI is InChI=1S/C21H19N3O2S/c1-14-8-10-18(11-9-14)24-15(2)20(25)23(21(24)26)12-17-13-27-19(22-17)16-6-4-3-5-7-16/h3-11,13,15H,12H2,1-2H3/t15-/m1/s1. The lowest BCUT2D eigenvalue weighted by molar-refractivity contribution is -0.127. The molecule has 27 heavy (non-hydrogen) atoms. The van der Waals surface area contributed by atoms with E-state index in [0.717, 1.165) is 27.5 Å². The first-order valence-corrected chi connectivity index (χ1v) is 9.63. The molecule has 1 fully saturated rings. The van der Waals surface area contributed by atoms with E-state index < -0.39 is 6.04 Å². The number of thiazole rings is 1. The molecule has 0 radical (unpaired) electrons. The number of aromatic nitrogens is 1. The van der Waals surface area contributed by atoms with Gasteiger partial charge in [-0.25, -0.2) is 9.78 Å². The lowest BCUT2D eigenvalue weighted by Gasteiger charge is -2.19. The molecule has 1 atom stereocenters. The van der Waals surface area contributed by atoms with Gasteiger partial charge in [0.2, 0.25) is 0 Å². The van der Waals surface area contributed by atoms with Crippen LogP contribution in [0.15, 0.2) is 60.0 Å². The lowest BCUT2D eigenvalue weighted by Crippen LogP contribution is -2.33. The van der Waals surface area contributed by atoms with Gasteiger partial charge in [-0.1, -0.05) is 48.0 Å². The number of rotatable bonds is 4. The topological polar surface area (TPSA) is 53.5 Å². The van der Waals surface area contributed by atoms with Crippen molar-refractivity contribution in [2.75, 3.05) is 4.90 Å². The van der Waals surface area contributed by atoms with Crippen molar-refractivity contribution in [3.63, 3.8) is 0 Å². The summed E-state index contributed by atoms with van der Waals surface area (Å²) in [4.78, 5) is 33.0. The van der Waals surface area contributed by atoms with E-state index in [1.807, 2.05) is 66.9 Å². The van der Waals surface area contributed by atoms with Gasteiger partial charge in [0.15, 0.2) is 0 Å². The minimum atomic E-state index is -0.521. The Morgan fingerprint density at radius 1 is 1.04 bits per heavy atom. The molecule has 6 heteroatoms. The van der Waals surface area contributed by atoms with Crippen molar-refractivity contribution >= 4 is 29.0 Å². The van der Waals surface area contributed by atoms with E-state index in [0.29, 0.717) is 0 Å². The second kappa shape index (κ2) is 6.96. The number of carbonyl (C=O) groups excluding carboxylic acids is 2. The number of hydrogen-bond donors (Lipinski definition) is 0. The molecule has 2 heterocycles. The summed E-state index contributed by atoms with van der Waals surface area (Å²) in [6, 6.07) is 16.7. The van der Waals surface area contributed by atoms with Crippen molar-refractivity contribution in [2.45, 2.75) is 26.4 Å². The van der Waals surface area contributed by atoms with E-state index >= 15 is 0 Å². The van der Waals surface area contributed by atoms with Gasteiger partial charge in [-0.15, -0.1) is 11.3 Å². The molecule has 1 saturated heterocycles. The fourth-order valence-corrected chi connectivity index (χ4v) is 3.98. The minimum absolute atomic E-state index is 0.188. The molecule has 0 N–H and O–H groups in total. The van der Waals surface area contributed by atoms with E-state index in [-0.39, 0.29) is 18.5 Å². The number of urea groups is 1. The van der Waals surface area contributed by atoms with Crippen LogP contribution in [0.1, 0.15) is 18.2 Å². The molecular formula is C21H19N3O2S. The van der Waals surface area contributed by atoms with Crippen molar-refractivity contribution in [2.24, 2.45) is 0 Å². The van der Waals surface area contributed by atoms with Crippen LogP contribution in [0, 0.1) is 6.92 Å². The lowest BCUT2D eigenvalue weighted by atomic mass is 10.2. The van der Waals surface area contributed by atoms with Crippen LogP contribution in [0.3, 0.4) is 0 Å². The third kappa shape index (κ3) is 3.24. The molecule has 0 spiro atoms. The Bertz CT molecular complexity index is 982. The smallest absolute Gasteiger partial charge is 0.282 e. The fourth-order valence-electron chi connectivity index (χ4n) is 3.17. The van der Waals surface area contributed by atoms with Crippen LogP contribution in [-0.4, -0.2) is 27.9 Å². The summed E-state index contributed by atoms with van der Waals surface area (Å²) in [7, 11) is 0. The second-order valence-electron chi connectivity index (χ2n) is 6.60. The SMILES string of the molecule is Cc1ccc(N2C(=O)N(Cc3csc(-c4ccccc4)n3)C(=O)[C@H]2C)cc1. The predicted octanol–water partition coefficient (Wildman–Crippen LogP) is 4.48. The molecule has 3 aromatic rings. The monoisotopic (exact) mass is 377 g/mol. The summed E-state index contributed by atoms with van der Waals surface area (Å²) in [5, 5.41) is 2.79. The maximum atomic E-state index is 12.9. The number of carbonyl (C=O) groups is 2. The Kier molecular flexibility index (Phi) is 4.49. The van der Waals surface area contributed by atoms with Crippen molar-refractivity contribution in [3.8, 4) is 10.6 Å². The molecule has 3 amide bonds. The Morgan fingerprint density at radius 2 is 1.74 bits per heavy atom. The predicted molar refractivity (Wildman–Crippen MR) is 107 cm³/mol. The molecule has 5 nitrogen and oxygen atoms in total. The Hall–Kier alpha value is -2.99. The number of nitrogens with zero attached hydrogens (tertiary/aromatic N) is 3. The van der Waals surface area contributed by atoms with E-state index in [1.54, 1.807) is 11.8 Å². The van der Waals surface area contributed by atoms with Crippen molar-refractivity contribution < 1.29 is 9.59 Å². The zero-order chi connectivity index (χ0) is 19.0. The number of imide groups is 1. The van der Waals surface area contributed by atoms with Gasteiger partial charge in [-0.2, -0.15) is 0 Å². The van der Waals surface area contributed by atoms with Gasteiger partial charge in [0, 0.05) is 16.6 Å². The number of anilines is 1. The van der Waals surface area contributed by atoms with E-state index in [1.165, 1.54) is 16.2 Å². The van der Waals surface area contributed by atoms with E-state index in [4.69, 9.17) is 0 Å². The quantitative estimate of drug-likeness (QED) is 0.630. The highest BCUT2D eigenvalue weighted by atomic mass is 32.1. The summed E-state index contributed by atoms with van der Waals surface area (Å²) in [5.41, 5.74) is 3.59. The molecule has 0 bridgehead atoms. The molecule has 4 rings (SSSR count). The number of benzene rings is 2. The zero-order valence-corrected chi connectivity index (χ0v) is 15.9. The largest absolute Gasteiger partial charge is 0.332 e. The highest BCUT2D eigenvalue weighted by Gasteiger charge is 2.43. The number of aryl methyl sites for hydroxylation is 1. The summed E-state index contributed by atoms with van der Waals surface area (Å²) < 4.78 is 0. The normalized spacial score (nSPS) is 17.0. The first-order valence-electron chi connectivity index (χ1n) is 8.75. The molecule has 1 aromatic heterocycles. The average Bonchev–Trinajstić information content (AvgIpc) is 3.23. The highest BCUT2D eigenvalue weighted by Crippen LogP contribution is 2.29. The highest BCUT2D eigenvalue weighted by molar-refractivity contribution is 7.13. The molecule has 2 aromatic carbocycles. The van der Waals surface area contributed by atoms with Crippen LogP contribution in [0.2, 0.25) is 0 Å².